The van der Waals surface area contributed by atoms with E-state index in [1.807, 2.05) is 23.3 Å². The number of nitrogens with one attached hydrogen (secondary N) is 1. The molecule has 1 aromatic rings. The van der Waals surface area contributed by atoms with Gasteiger partial charge in [-0.25, -0.2) is 4.98 Å². The Kier molecular flexibility index (Phi) is 5.06. The van der Waals surface area contributed by atoms with Crippen LogP contribution in [0.25, 0.3) is 0 Å². The van der Waals surface area contributed by atoms with Crippen LogP contribution in [0.1, 0.15) is 44.7 Å². The Morgan fingerprint density at radius 2 is 2.33 bits per heavy atom. The normalized spacial score (nSPS) is 21.1. The highest BCUT2D eigenvalue weighted by atomic mass is 32.2. The Hall–Kier alpha value is -0.550. The summed E-state index contributed by atoms with van der Waals surface area (Å²) in [6.45, 7) is 7.69. The summed E-state index contributed by atoms with van der Waals surface area (Å²) in [6, 6.07) is 0.314. The zero-order chi connectivity index (χ0) is 13.0. The van der Waals surface area contributed by atoms with Crippen LogP contribution in [-0.2, 0) is 0 Å². The summed E-state index contributed by atoms with van der Waals surface area (Å²) in [5.41, 5.74) is 0. The van der Waals surface area contributed by atoms with Crippen LogP contribution in [0.5, 0.6) is 0 Å². The third kappa shape index (κ3) is 3.72. The van der Waals surface area contributed by atoms with E-state index in [4.69, 9.17) is 0 Å². The topological polar surface area (TPSA) is 37.3 Å². The SMILES string of the molecule is CCC(NC1=NCC(CC(C)C)S1)c1nccs1. The molecular formula is C13H21N3S2. The molecule has 1 aromatic heterocycles. The first-order chi connectivity index (χ1) is 8.69. The molecular weight excluding hydrogens is 262 g/mol. The van der Waals surface area contributed by atoms with E-state index in [1.165, 1.54) is 6.42 Å². The van der Waals surface area contributed by atoms with E-state index in [2.05, 4.69) is 36.1 Å². The molecule has 1 aliphatic heterocycles. The molecule has 3 nitrogen and oxygen atoms in total. The Morgan fingerprint density at radius 1 is 1.50 bits per heavy atom. The fourth-order valence-electron chi connectivity index (χ4n) is 2.04. The number of hydrogen-bond donors (Lipinski definition) is 1. The summed E-state index contributed by atoms with van der Waals surface area (Å²) in [4.78, 5) is 9.00. The van der Waals surface area contributed by atoms with Gasteiger partial charge >= 0.3 is 0 Å². The van der Waals surface area contributed by atoms with Crippen molar-refractivity contribution in [1.29, 1.82) is 0 Å². The van der Waals surface area contributed by atoms with Crippen LogP contribution in [0, 0.1) is 5.92 Å². The zero-order valence-electron chi connectivity index (χ0n) is 11.2. The van der Waals surface area contributed by atoms with Crippen LogP contribution >= 0.6 is 23.1 Å². The molecule has 2 rings (SSSR count). The van der Waals surface area contributed by atoms with E-state index >= 15 is 0 Å². The van der Waals surface area contributed by atoms with Gasteiger partial charge in [-0.3, -0.25) is 4.99 Å². The summed E-state index contributed by atoms with van der Waals surface area (Å²) >= 11 is 3.61. The fourth-order valence-corrected chi connectivity index (χ4v) is 4.12. The number of rotatable bonds is 5. The molecule has 0 amide bonds. The maximum absolute atomic E-state index is 4.61. The van der Waals surface area contributed by atoms with Gasteiger partial charge in [0.1, 0.15) is 5.01 Å². The highest BCUT2D eigenvalue weighted by Gasteiger charge is 2.23. The molecule has 5 heteroatoms. The molecule has 0 saturated heterocycles. The average molecular weight is 283 g/mol. The maximum atomic E-state index is 4.61. The van der Waals surface area contributed by atoms with Crippen molar-refractivity contribution in [3.8, 4) is 0 Å². The van der Waals surface area contributed by atoms with Gasteiger partial charge in [0.2, 0.25) is 0 Å². The largest absolute Gasteiger partial charge is 0.356 e. The molecule has 0 radical (unpaired) electrons. The molecule has 2 atom stereocenters. The standard InChI is InChI=1S/C13H21N3S2/c1-4-11(12-14-5-6-17-12)16-13-15-8-10(18-13)7-9(2)3/h5-6,9-11H,4,7-8H2,1-3H3,(H,15,16). The molecule has 0 spiro atoms. The monoisotopic (exact) mass is 283 g/mol. The summed E-state index contributed by atoms with van der Waals surface area (Å²) in [7, 11) is 0. The second-order valence-corrected chi connectivity index (χ2v) is 7.21. The molecule has 2 unspecified atom stereocenters. The number of thiazole rings is 1. The van der Waals surface area contributed by atoms with Crippen molar-refractivity contribution in [2.24, 2.45) is 10.9 Å². The Morgan fingerprint density at radius 3 is 2.94 bits per heavy atom. The van der Waals surface area contributed by atoms with Crippen molar-refractivity contribution in [1.82, 2.24) is 10.3 Å². The van der Waals surface area contributed by atoms with Gasteiger partial charge < -0.3 is 5.32 Å². The minimum atomic E-state index is 0.314. The maximum Gasteiger partial charge on any atom is 0.157 e. The molecule has 2 heterocycles. The van der Waals surface area contributed by atoms with Gasteiger partial charge in [-0.15, -0.1) is 11.3 Å². The number of hydrogen-bond acceptors (Lipinski definition) is 5. The lowest BCUT2D eigenvalue weighted by Crippen LogP contribution is -2.25. The highest BCUT2D eigenvalue weighted by molar-refractivity contribution is 8.14. The number of aromatic nitrogens is 1. The number of amidine groups is 1. The van der Waals surface area contributed by atoms with Crippen LogP contribution in [0.15, 0.2) is 16.6 Å². The smallest absolute Gasteiger partial charge is 0.157 e. The van der Waals surface area contributed by atoms with Crippen LogP contribution in [0.3, 0.4) is 0 Å². The van der Waals surface area contributed by atoms with Gasteiger partial charge in [0, 0.05) is 16.8 Å². The van der Waals surface area contributed by atoms with Crippen molar-refractivity contribution in [2.45, 2.75) is 44.9 Å². The van der Waals surface area contributed by atoms with Gasteiger partial charge in [-0.2, -0.15) is 0 Å². The minimum absolute atomic E-state index is 0.314. The first kappa shape index (κ1) is 13.9. The second-order valence-electron chi connectivity index (χ2n) is 4.99. The molecule has 1 aliphatic rings. The quantitative estimate of drug-likeness (QED) is 0.895. The number of thioether (sulfide) groups is 1. The van der Waals surface area contributed by atoms with Crippen LogP contribution in [-0.4, -0.2) is 21.9 Å². The predicted molar refractivity (Wildman–Crippen MR) is 81.4 cm³/mol. The molecule has 18 heavy (non-hydrogen) atoms. The number of aliphatic imine (C=N–C) groups is 1. The van der Waals surface area contributed by atoms with E-state index in [0.717, 1.165) is 29.1 Å². The Labute approximate surface area is 118 Å². The van der Waals surface area contributed by atoms with Gasteiger partial charge in [0.05, 0.1) is 12.6 Å². The second kappa shape index (κ2) is 6.57. The van der Waals surface area contributed by atoms with E-state index in [0.29, 0.717) is 11.3 Å². The van der Waals surface area contributed by atoms with Crippen LogP contribution in [0.2, 0.25) is 0 Å². The molecule has 100 valence electrons. The summed E-state index contributed by atoms with van der Waals surface area (Å²) in [5, 5.41) is 8.48. The third-order valence-corrected chi connectivity index (χ3v) is 4.94. The van der Waals surface area contributed by atoms with E-state index in [1.54, 1.807) is 11.3 Å². The third-order valence-electron chi connectivity index (χ3n) is 2.91. The lowest BCUT2D eigenvalue weighted by atomic mass is 10.1. The van der Waals surface area contributed by atoms with Crippen molar-refractivity contribution in [2.75, 3.05) is 6.54 Å². The molecule has 0 aliphatic carbocycles. The first-order valence-corrected chi connectivity index (χ1v) is 8.32. The molecule has 0 saturated carbocycles. The van der Waals surface area contributed by atoms with Crippen LogP contribution < -0.4 is 5.32 Å². The molecule has 1 N–H and O–H groups in total. The van der Waals surface area contributed by atoms with Crippen molar-refractivity contribution in [3.05, 3.63) is 16.6 Å². The Bertz CT molecular complexity index is 387. The summed E-state index contributed by atoms with van der Waals surface area (Å²) in [5.74, 6) is 0.748. The van der Waals surface area contributed by atoms with Gasteiger partial charge in [0.15, 0.2) is 5.17 Å². The average Bonchev–Trinajstić information content (AvgIpc) is 2.96. The molecule has 0 bridgehead atoms. The Balaban J connectivity index is 1.87. The zero-order valence-corrected chi connectivity index (χ0v) is 12.9. The first-order valence-electron chi connectivity index (χ1n) is 6.56. The summed E-state index contributed by atoms with van der Waals surface area (Å²) in [6.07, 6.45) is 4.16. The lowest BCUT2D eigenvalue weighted by molar-refractivity contribution is 0.575. The number of nitrogens with zero attached hydrogens (tertiary/aromatic N) is 2. The van der Waals surface area contributed by atoms with Crippen LogP contribution in [0.4, 0.5) is 0 Å². The molecule has 0 aromatic carbocycles. The van der Waals surface area contributed by atoms with Crippen molar-refractivity contribution in [3.63, 3.8) is 0 Å². The molecule has 0 fully saturated rings. The van der Waals surface area contributed by atoms with Gasteiger partial charge in [-0.05, 0) is 18.8 Å². The summed E-state index contributed by atoms with van der Waals surface area (Å²) < 4.78 is 0. The lowest BCUT2D eigenvalue weighted by Gasteiger charge is -2.16. The van der Waals surface area contributed by atoms with E-state index < -0.39 is 0 Å². The van der Waals surface area contributed by atoms with E-state index in [-0.39, 0.29) is 0 Å². The minimum Gasteiger partial charge on any atom is -0.356 e. The highest BCUT2D eigenvalue weighted by Crippen LogP contribution is 2.28. The van der Waals surface area contributed by atoms with Crippen molar-refractivity contribution < 1.29 is 0 Å². The van der Waals surface area contributed by atoms with Gasteiger partial charge in [-0.1, -0.05) is 32.5 Å². The van der Waals surface area contributed by atoms with E-state index in [9.17, 15) is 0 Å². The van der Waals surface area contributed by atoms with Crippen molar-refractivity contribution >= 4 is 28.3 Å². The fraction of sp³-hybridized carbons (Fsp3) is 0.692. The predicted octanol–water partition coefficient (Wildman–Crippen LogP) is 3.70. The van der Waals surface area contributed by atoms with Gasteiger partial charge in [0.25, 0.3) is 0 Å².